The van der Waals surface area contributed by atoms with Crippen molar-refractivity contribution in [3.8, 4) is 0 Å². The smallest absolute Gasteiger partial charge is 0.211 e. The van der Waals surface area contributed by atoms with Crippen molar-refractivity contribution in [2.24, 2.45) is 0 Å². The first-order valence-electron chi connectivity index (χ1n) is 7.06. The minimum atomic E-state index is -3.15. The molecule has 132 valence electrons. The zero-order valence-corrected chi connectivity index (χ0v) is 15.4. The Kier molecular flexibility index (Phi) is 8.79. The van der Waals surface area contributed by atoms with Crippen molar-refractivity contribution in [2.75, 3.05) is 33.4 Å². The van der Waals surface area contributed by atoms with Crippen molar-refractivity contribution in [2.45, 2.75) is 12.8 Å². The second-order valence-corrected chi connectivity index (χ2v) is 7.57. The molecular weight excluding hydrogens is 338 g/mol. The number of nitrogens with one attached hydrogen (secondary N) is 2. The summed E-state index contributed by atoms with van der Waals surface area (Å²) >= 11 is 0. The van der Waals surface area contributed by atoms with Gasteiger partial charge in [-0.2, -0.15) is 0 Å². The molecule has 0 fully saturated rings. The lowest BCUT2D eigenvalue weighted by Crippen LogP contribution is -2.23. The standard InChI is InChI=1S/C15H23N3O2S.ClH.H2O/c1-16-21(19,20)9-7-12-4-5-15-14(10-12)13(11-17-15)6-8-18(2)3;;/h4-5,10-11,16-17H,6-9H2,1-3H3;1H;1H2. The van der Waals surface area contributed by atoms with E-state index in [0.717, 1.165) is 24.0 Å². The molecule has 0 saturated carbocycles. The van der Waals surface area contributed by atoms with Crippen molar-refractivity contribution < 1.29 is 13.9 Å². The second-order valence-electron chi connectivity index (χ2n) is 5.52. The fourth-order valence-electron chi connectivity index (χ4n) is 2.29. The van der Waals surface area contributed by atoms with Crippen LogP contribution in [0.25, 0.3) is 10.9 Å². The first kappa shape index (κ1) is 21.9. The third kappa shape index (κ3) is 6.12. The molecule has 2 rings (SSSR count). The van der Waals surface area contributed by atoms with Gasteiger partial charge in [0.2, 0.25) is 10.0 Å². The number of sulfonamides is 1. The normalized spacial score (nSPS) is 11.3. The molecule has 0 spiro atoms. The van der Waals surface area contributed by atoms with Gasteiger partial charge in [0.1, 0.15) is 0 Å². The minimum Gasteiger partial charge on any atom is -0.412 e. The summed E-state index contributed by atoms with van der Waals surface area (Å²) in [4.78, 5) is 5.43. The number of halogens is 1. The number of fused-ring (bicyclic) bond motifs is 1. The lowest BCUT2D eigenvalue weighted by atomic mass is 10.1. The molecule has 0 aliphatic rings. The molecule has 6 nitrogen and oxygen atoms in total. The van der Waals surface area contributed by atoms with Crippen LogP contribution in [0.4, 0.5) is 0 Å². The maximum atomic E-state index is 11.5. The summed E-state index contributed by atoms with van der Waals surface area (Å²) in [5.41, 5.74) is 3.42. The summed E-state index contributed by atoms with van der Waals surface area (Å²) < 4.78 is 25.4. The van der Waals surface area contributed by atoms with Gasteiger partial charge in [-0.1, -0.05) is 6.07 Å². The molecule has 0 radical (unpaired) electrons. The fraction of sp³-hybridized carbons (Fsp3) is 0.467. The van der Waals surface area contributed by atoms with E-state index < -0.39 is 10.0 Å². The Morgan fingerprint density at radius 3 is 2.52 bits per heavy atom. The molecule has 1 aromatic heterocycles. The van der Waals surface area contributed by atoms with Crippen LogP contribution in [0.15, 0.2) is 24.4 Å². The number of rotatable bonds is 7. The van der Waals surface area contributed by atoms with E-state index in [1.165, 1.54) is 18.0 Å². The van der Waals surface area contributed by atoms with Crippen LogP contribution in [0, 0.1) is 0 Å². The van der Waals surface area contributed by atoms with Gasteiger partial charge in [0.05, 0.1) is 5.75 Å². The van der Waals surface area contributed by atoms with Gasteiger partial charge in [0.15, 0.2) is 0 Å². The number of hydrogen-bond donors (Lipinski definition) is 2. The molecule has 0 aliphatic heterocycles. The van der Waals surface area contributed by atoms with E-state index in [-0.39, 0.29) is 23.6 Å². The van der Waals surface area contributed by atoms with Crippen LogP contribution in [0.2, 0.25) is 0 Å². The topological polar surface area (TPSA) is 96.7 Å². The third-order valence-electron chi connectivity index (χ3n) is 3.63. The lowest BCUT2D eigenvalue weighted by Gasteiger charge is -2.08. The van der Waals surface area contributed by atoms with Gasteiger partial charge in [-0.3, -0.25) is 0 Å². The Balaban J connectivity index is 0.00000242. The molecule has 1 aromatic carbocycles. The van der Waals surface area contributed by atoms with Gasteiger partial charge in [0.25, 0.3) is 0 Å². The van der Waals surface area contributed by atoms with Crippen LogP contribution >= 0.6 is 12.4 Å². The van der Waals surface area contributed by atoms with Crippen LogP contribution in [0.1, 0.15) is 11.1 Å². The van der Waals surface area contributed by atoms with Gasteiger partial charge in [0, 0.05) is 23.6 Å². The maximum Gasteiger partial charge on any atom is 0.211 e. The van der Waals surface area contributed by atoms with Crippen molar-refractivity contribution in [1.29, 1.82) is 0 Å². The number of nitrogens with zero attached hydrogens (tertiary/aromatic N) is 1. The van der Waals surface area contributed by atoms with Crippen LogP contribution in [0.3, 0.4) is 0 Å². The molecule has 4 N–H and O–H groups in total. The van der Waals surface area contributed by atoms with E-state index in [2.05, 4.69) is 34.8 Å². The Hall–Kier alpha value is -1.12. The van der Waals surface area contributed by atoms with E-state index in [0.29, 0.717) is 6.42 Å². The monoisotopic (exact) mass is 363 g/mol. The molecule has 0 saturated heterocycles. The van der Waals surface area contributed by atoms with Gasteiger partial charge < -0.3 is 15.4 Å². The first-order chi connectivity index (χ1) is 9.91. The van der Waals surface area contributed by atoms with E-state index in [1.54, 1.807) is 0 Å². The number of aryl methyl sites for hydroxylation is 1. The molecule has 0 atom stereocenters. The summed E-state index contributed by atoms with van der Waals surface area (Å²) in [7, 11) is 2.41. The Morgan fingerprint density at radius 1 is 1.22 bits per heavy atom. The largest absolute Gasteiger partial charge is 0.412 e. The predicted molar refractivity (Wildman–Crippen MR) is 98.0 cm³/mol. The number of likely N-dealkylation sites (N-methyl/N-ethyl adjacent to an activating group) is 1. The highest BCUT2D eigenvalue weighted by Gasteiger charge is 2.09. The number of benzene rings is 1. The quantitative estimate of drug-likeness (QED) is 0.766. The van der Waals surface area contributed by atoms with Crippen molar-refractivity contribution in [3.05, 3.63) is 35.5 Å². The van der Waals surface area contributed by atoms with Crippen LogP contribution in [-0.4, -0.2) is 57.2 Å². The molecule has 23 heavy (non-hydrogen) atoms. The molecule has 2 aromatic rings. The highest BCUT2D eigenvalue weighted by atomic mass is 35.5. The van der Waals surface area contributed by atoms with Gasteiger partial charge in [-0.15, -0.1) is 12.4 Å². The van der Waals surface area contributed by atoms with E-state index >= 15 is 0 Å². The van der Waals surface area contributed by atoms with E-state index in [1.807, 2.05) is 18.3 Å². The van der Waals surface area contributed by atoms with Crippen molar-refractivity contribution in [1.82, 2.24) is 14.6 Å². The molecular formula is C15H26ClN3O3S. The van der Waals surface area contributed by atoms with Crippen LogP contribution in [0.5, 0.6) is 0 Å². The second kappa shape index (κ2) is 9.24. The molecule has 0 unspecified atom stereocenters. The van der Waals surface area contributed by atoms with Gasteiger partial charge in [-0.25, -0.2) is 13.1 Å². The zero-order chi connectivity index (χ0) is 15.5. The summed E-state index contributed by atoms with van der Waals surface area (Å²) in [6.07, 6.45) is 3.55. The average Bonchev–Trinajstić information content (AvgIpc) is 2.85. The number of aromatic nitrogens is 1. The number of hydrogen-bond acceptors (Lipinski definition) is 3. The summed E-state index contributed by atoms with van der Waals surface area (Å²) in [5.74, 6) is 0.118. The Morgan fingerprint density at radius 2 is 1.91 bits per heavy atom. The fourth-order valence-corrected chi connectivity index (χ4v) is 2.99. The van der Waals surface area contributed by atoms with Crippen molar-refractivity contribution in [3.63, 3.8) is 0 Å². The molecule has 0 aliphatic carbocycles. The van der Waals surface area contributed by atoms with Crippen molar-refractivity contribution >= 4 is 33.3 Å². The molecule has 8 heteroatoms. The Labute approximate surface area is 144 Å². The molecule has 0 amide bonds. The SMILES string of the molecule is CNS(=O)(=O)CCc1ccc2[nH]cc(CCN(C)C)c2c1.Cl.O. The third-order valence-corrected chi connectivity index (χ3v) is 4.99. The van der Waals surface area contributed by atoms with Crippen LogP contribution in [-0.2, 0) is 22.9 Å². The highest BCUT2D eigenvalue weighted by Crippen LogP contribution is 2.21. The summed E-state index contributed by atoms with van der Waals surface area (Å²) in [5, 5.41) is 1.19. The maximum absolute atomic E-state index is 11.5. The average molecular weight is 364 g/mol. The predicted octanol–water partition coefficient (Wildman–Crippen LogP) is 0.961. The number of H-pyrrole nitrogens is 1. The summed E-state index contributed by atoms with van der Waals surface area (Å²) in [6.45, 7) is 0.991. The number of aromatic amines is 1. The highest BCUT2D eigenvalue weighted by molar-refractivity contribution is 7.89. The summed E-state index contributed by atoms with van der Waals surface area (Å²) in [6, 6.07) is 6.11. The zero-order valence-electron chi connectivity index (χ0n) is 13.7. The first-order valence-corrected chi connectivity index (χ1v) is 8.71. The molecule has 1 heterocycles. The minimum absolute atomic E-state index is 0. The van der Waals surface area contributed by atoms with Crippen LogP contribution < -0.4 is 4.72 Å². The van der Waals surface area contributed by atoms with E-state index in [4.69, 9.17) is 0 Å². The van der Waals surface area contributed by atoms with Gasteiger partial charge >= 0.3 is 0 Å². The lowest BCUT2D eigenvalue weighted by molar-refractivity contribution is 0.414. The Bertz CT molecular complexity index is 714. The molecule has 0 bridgehead atoms. The van der Waals surface area contributed by atoms with Gasteiger partial charge in [-0.05, 0) is 57.2 Å². The van der Waals surface area contributed by atoms with E-state index in [9.17, 15) is 8.42 Å².